The van der Waals surface area contributed by atoms with Crippen LogP contribution in [0.5, 0.6) is 0 Å². The summed E-state index contributed by atoms with van der Waals surface area (Å²) < 4.78 is 0. The van der Waals surface area contributed by atoms with Gasteiger partial charge in [0.15, 0.2) is 0 Å². The first-order valence-electron chi connectivity index (χ1n) is 6.12. The summed E-state index contributed by atoms with van der Waals surface area (Å²) in [5.41, 5.74) is 6.01. The Morgan fingerprint density at radius 3 is 2.00 bits per heavy atom. The third kappa shape index (κ3) is 10.3. The standard InChI is InChI=1S/C12H26ClN/c1-2-3-4-6-9-12(14)10-7-5-8-11-13/h12H,2-11,14H2,1H3. The summed E-state index contributed by atoms with van der Waals surface area (Å²) in [4.78, 5) is 0. The Balaban J connectivity index is 3.07. The molecule has 0 rings (SSSR count). The highest BCUT2D eigenvalue weighted by atomic mass is 35.5. The quantitative estimate of drug-likeness (QED) is 0.435. The number of rotatable bonds is 10. The van der Waals surface area contributed by atoms with Crippen molar-refractivity contribution < 1.29 is 0 Å². The second kappa shape index (κ2) is 11.3. The van der Waals surface area contributed by atoms with Crippen molar-refractivity contribution in [3.05, 3.63) is 0 Å². The van der Waals surface area contributed by atoms with Crippen molar-refractivity contribution in [2.45, 2.75) is 70.8 Å². The highest BCUT2D eigenvalue weighted by Gasteiger charge is 2.01. The van der Waals surface area contributed by atoms with Gasteiger partial charge >= 0.3 is 0 Å². The molecule has 0 aliphatic carbocycles. The smallest absolute Gasteiger partial charge is 0.0223 e. The molecule has 0 aromatic heterocycles. The first kappa shape index (κ1) is 14.2. The van der Waals surface area contributed by atoms with Gasteiger partial charge in [0.1, 0.15) is 0 Å². The van der Waals surface area contributed by atoms with Gasteiger partial charge in [-0.1, -0.05) is 45.4 Å². The fourth-order valence-electron chi connectivity index (χ4n) is 1.66. The van der Waals surface area contributed by atoms with Crippen LogP contribution < -0.4 is 5.73 Å². The summed E-state index contributed by atoms with van der Waals surface area (Å²) in [6, 6.07) is 0.433. The van der Waals surface area contributed by atoms with Crippen LogP contribution >= 0.6 is 11.6 Å². The van der Waals surface area contributed by atoms with Crippen LogP contribution in [-0.4, -0.2) is 11.9 Å². The van der Waals surface area contributed by atoms with Crippen molar-refractivity contribution in [1.82, 2.24) is 0 Å². The summed E-state index contributed by atoms with van der Waals surface area (Å²) in [6.45, 7) is 2.24. The van der Waals surface area contributed by atoms with Gasteiger partial charge in [0.2, 0.25) is 0 Å². The molecule has 0 spiro atoms. The largest absolute Gasteiger partial charge is 0.328 e. The summed E-state index contributed by atoms with van der Waals surface area (Å²) >= 11 is 5.60. The molecule has 0 radical (unpaired) electrons. The molecule has 0 saturated heterocycles. The molecule has 0 bridgehead atoms. The maximum Gasteiger partial charge on any atom is 0.0223 e. The van der Waals surface area contributed by atoms with Crippen molar-refractivity contribution in [3.8, 4) is 0 Å². The normalized spacial score (nSPS) is 13.1. The van der Waals surface area contributed by atoms with Crippen LogP contribution in [0, 0.1) is 0 Å². The fraction of sp³-hybridized carbons (Fsp3) is 1.00. The molecule has 0 fully saturated rings. The van der Waals surface area contributed by atoms with E-state index in [1.807, 2.05) is 0 Å². The lowest BCUT2D eigenvalue weighted by Gasteiger charge is -2.10. The maximum absolute atomic E-state index is 6.01. The highest BCUT2D eigenvalue weighted by molar-refractivity contribution is 6.17. The Morgan fingerprint density at radius 2 is 1.50 bits per heavy atom. The van der Waals surface area contributed by atoms with Crippen molar-refractivity contribution in [2.75, 3.05) is 5.88 Å². The number of unbranched alkanes of at least 4 members (excludes halogenated alkanes) is 5. The lowest BCUT2D eigenvalue weighted by Crippen LogP contribution is -2.19. The van der Waals surface area contributed by atoms with E-state index in [9.17, 15) is 0 Å². The van der Waals surface area contributed by atoms with E-state index >= 15 is 0 Å². The van der Waals surface area contributed by atoms with E-state index in [1.54, 1.807) is 0 Å². The zero-order chi connectivity index (χ0) is 10.6. The van der Waals surface area contributed by atoms with Gasteiger partial charge in [-0.2, -0.15) is 0 Å². The number of nitrogens with two attached hydrogens (primary N) is 1. The second-order valence-corrected chi connectivity index (χ2v) is 4.53. The molecule has 2 heteroatoms. The molecule has 0 aromatic carbocycles. The van der Waals surface area contributed by atoms with Gasteiger partial charge in [-0.25, -0.2) is 0 Å². The summed E-state index contributed by atoms with van der Waals surface area (Å²) in [6.07, 6.45) is 11.4. The van der Waals surface area contributed by atoms with Crippen molar-refractivity contribution in [2.24, 2.45) is 5.73 Å². The zero-order valence-electron chi connectivity index (χ0n) is 9.60. The number of hydrogen-bond acceptors (Lipinski definition) is 1. The van der Waals surface area contributed by atoms with Gasteiger partial charge < -0.3 is 5.73 Å². The molecule has 86 valence electrons. The summed E-state index contributed by atoms with van der Waals surface area (Å²) in [7, 11) is 0. The Bertz CT molecular complexity index is 94.5. The Morgan fingerprint density at radius 1 is 0.929 bits per heavy atom. The number of halogens is 1. The molecule has 1 unspecified atom stereocenters. The lowest BCUT2D eigenvalue weighted by molar-refractivity contribution is 0.498. The summed E-state index contributed by atoms with van der Waals surface area (Å²) in [5, 5.41) is 0. The van der Waals surface area contributed by atoms with Crippen LogP contribution in [0.2, 0.25) is 0 Å². The van der Waals surface area contributed by atoms with Gasteiger partial charge in [0.05, 0.1) is 0 Å². The summed E-state index contributed by atoms with van der Waals surface area (Å²) in [5.74, 6) is 0.797. The van der Waals surface area contributed by atoms with Crippen LogP contribution in [0.1, 0.15) is 64.7 Å². The Hall–Kier alpha value is 0.250. The molecule has 0 aliphatic heterocycles. The minimum absolute atomic E-state index is 0.433. The minimum atomic E-state index is 0.433. The number of alkyl halides is 1. The van der Waals surface area contributed by atoms with Gasteiger partial charge in [-0.15, -0.1) is 11.6 Å². The molecule has 2 N–H and O–H groups in total. The van der Waals surface area contributed by atoms with E-state index in [2.05, 4.69) is 6.92 Å². The van der Waals surface area contributed by atoms with Gasteiger partial charge in [0.25, 0.3) is 0 Å². The van der Waals surface area contributed by atoms with Crippen LogP contribution in [0.15, 0.2) is 0 Å². The zero-order valence-corrected chi connectivity index (χ0v) is 10.4. The van der Waals surface area contributed by atoms with E-state index in [0.717, 1.165) is 12.3 Å². The van der Waals surface area contributed by atoms with Crippen molar-refractivity contribution >= 4 is 11.6 Å². The maximum atomic E-state index is 6.01. The van der Waals surface area contributed by atoms with Gasteiger partial charge in [-0.3, -0.25) is 0 Å². The first-order chi connectivity index (χ1) is 6.81. The van der Waals surface area contributed by atoms with Gasteiger partial charge in [-0.05, 0) is 19.3 Å². The van der Waals surface area contributed by atoms with Crippen LogP contribution in [0.3, 0.4) is 0 Å². The van der Waals surface area contributed by atoms with E-state index < -0.39 is 0 Å². The predicted molar refractivity (Wildman–Crippen MR) is 65.9 cm³/mol. The molecule has 0 aromatic rings. The molecule has 14 heavy (non-hydrogen) atoms. The fourth-order valence-corrected chi connectivity index (χ4v) is 1.84. The van der Waals surface area contributed by atoms with Crippen molar-refractivity contribution in [1.29, 1.82) is 0 Å². The Labute approximate surface area is 94.4 Å². The minimum Gasteiger partial charge on any atom is -0.328 e. The van der Waals surface area contributed by atoms with Crippen LogP contribution in [-0.2, 0) is 0 Å². The average Bonchev–Trinajstić information content (AvgIpc) is 2.19. The first-order valence-corrected chi connectivity index (χ1v) is 6.66. The average molecular weight is 220 g/mol. The van der Waals surface area contributed by atoms with E-state index in [0.29, 0.717) is 6.04 Å². The van der Waals surface area contributed by atoms with Gasteiger partial charge in [0, 0.05) is 11.9 Å². The number of hydrogen-bond donors (Lipinski definition) is 1. The third-order valence-corrected chi connectivity index (χ3v) is 2.90. The van der Waals surface area contributed by atoms with Crippen molar-refractivity contribution in [3.63, 3.8) is 0 Å². The molecular weight excluding hydrogens is 194 g/mol. The van der Waals surface area contributed by atoms with E-state index in [4.69, 9.17) is 17.3 Å². The molecule has 0 heterocycles. The molecule has 0 amide bonds. The topological polar surface area (TPSA) is 26.0 Å². The molecule has 0 saturated carbocycles. The SMILES string of the molecule is CCCCCCC(N)CCCCCCl. The van der Waals surface area contributed by atoms with E-state index in [-0.39, 0.29) is 0 Å². The third-order valence-electron chi connectivity index (χ3n) is 2.64. The molecule has 1 nitrogen and oxygen atoms in total. The van der Waals surface area contributed by atoms with E-state index in [1.165, 1.54) is 51.4 Å². The molecule has 1 atom stereocenters. The highest BCUT2D eigenvalue weighted by Crippen LogP contribution is 2.10. The monoisotopic (exact) mass is 219 g/mol. The lowest BCUT2D eigenvalue weighted by atomic mass is 10.0. The molecular formula is C12H26ClN. The van der Waals surface area contributed by atoms with Crippen LogP contribution in [0.25, 0.3) is 0 Å². The predicted octanol–water partition coefficient (Wildman–Crippen LogP) is 4.08. The second-order valence-electron chi connectivity index (χ2n) is 4.15. The van der Waals surface area contributed by atoms with Crippen LogP contribution in [0.4, 0.5) is 0 Å². The Kier molecular flexibility index (Phi) is 11.5. The molecule has 0 aliphatic rings.